The standard InChI is InChI=1S/C17H29N7O/c1-13(2)23-9-14(20-21-23)17(25)7-6-8-22(11-17)10-15-18-12-19-24(15)16(3,4)5/h9,12-13,25H,6-8,10-11H2,1-5H3. The molecule has 0 radical (unpaired) electrons. The van der Waals surface area contributed by atoms with Crippen LogP contribution in [0.4, 0.5) is 0 Å². The number of aliphatic hydroxyl groups is 1. The third-order valence-electron chi connectivity index (χ3n) is 4.68. The Morgan fingerprint density at radius 1 is 1.32 bits per heavy atom. The van der Waals surface area contributed by atoms with Gasteiger partial charge in [0.1, 0.15) is 23.4 Å². The van der Waals surface area contributed by atoms with Gasteiger partial charge in [0.05, 0.1) is 18.3 Å². The van der Waals surface area contributed by atoms with Crippen molar-refractivity contribution in [2.75, 3.05) is 13.1 Å². The van der Waals surface area contributed by atoms with E-state index in [2.05, 4.69) is 59.9 Å². The molecule has 0 bridgehead atoms. The molecule has 1 N–H and O–H groups in total. The van der Waals surface area contributed by atoms with E-state index in [0.717, 1.165) is 18.8 Å². The van der Waals surface area contributed by atoms with E-state index in [9.17, 15) is 5.11 Å². The van der Waals surface area contributed by atoms with E-state index >= 15 is 0 Å². The number of rotatable bonds is 4. The second kappa shape index (κ2) is 6.49. The number of aromatic nitrogens is 6. The van der Waals surface area contributed by atoms with E-state index in [1.54, 1.807) is 11.0 Å². The van der Waals surface area contributed by atoms with Crippen LogP contribution >= 0.6 is 0 Å². The number of nitrogens with zero attached hydrogens (tertiary/aromatic N) is 7. The first kappa shape index (κ1) is 18.0. The van der Waals surface area contributed by atoms with Gasteiger partial charge >= 0.3 is 0 Å². The Hall–Kier alpha value is -1.80. The van der Waals surface area contributed by atoms with Gasteiger partial charge in [0.2, 0.25) is 0 Å². The highest BCUT2D eigenvalue weighted by atomic mass is 16.3. The zero-order valence-electron chi connectivity index (χ0n) is 15.8. The molecule has 138 valence electrons. The smallest absolute Gasteiger partial charge is 0.141 e. The van der Waals surface area contributed by atoms with Crippen LogP contribution in [0.15, 0.2) is 12.5 Å². The van der Waals surface area contributed by atoms with E-state index in [4.69, 9.17) is 0 Å². The number of β-amino-alcohol motifs (C(OH)–C–C–N with tert-alkyl or cyclic N) is 1. The predicted octanol–water partition coefficient (Wildman–Crippen LogP) is 1.69. The molecule has 1 aliphatic heterocycles. The van der Waals surface area contributed by atoms with Gasteiger partial charge in [-0.05, 0) is 54.0 Å². The summed E-state index contributed by atoms with van der Waals surface area (Å²) in [5.41, 5.74) is -0.418. The second-order valence-electron chi connectivity index (χ2n) is 8.28. The Labute approximate surface area is 148 Å². The molecular weight excluding hydrogens is 318 g/mol. The van der Waals surface area contributed by atoms with Crippen LogP contribution in [0.2, 0.25) is 0 Å². The summed E-state index contributed by atoms with van der Waals surface area (Å²) in [6, 6.07) is 0.231. The number of likely N-dealkylation sites (tertiary alicyclic amines) is 1. The summed E-state index contributed by atoms with van der Waals surface area (Å²) in [7, 11) is 0. The van der Waals surface area contributed by atoms with Crippen LogP contribution in [-0.4, -0.2) is 52.9 Å². The summed E-state index contributed by atoms with van der Waals surface area (Å²) in [6.07, 6.45) is 5.08. The van der Waals surface area contributed by atoms with Crippen molar-refractivity contribution < 1.29 is 5.11 Å². The minimum atomic E-state index is -0.960. The summed E-state index contributed by atoms with van der Waals surface area (Å²) in [6.45, 7) is 12.6. The molecule has 2 aromatic heterocycles. The first-order valence-corrected chi connectivity index (χ1v) is 8.95. The molecule has 8 nitrogen and oxygen atoms in total. The molecule has 2 aromatic rings. The van der Waals surface area contributed by atoms with Gasteiger partial charge in [-0.1, -0.05) is 5.21 Å². The van der Waals surface area contributed by atoms with Crippen molar-refractivity contribution in [2.24, 2.45) is 0 Å². The summed E-state index contributed by atoms with van der Waals surface area (Å²) in [5, 5.41) is 23.9. The molecule has 1 fully saturated rings. The first-order valence-electron chi connectivity index (χ1n) is 8.95. The summed E-state index contributed by atoms with van der Waals surface area (Å²) >= 11 is 0. The molecule has 1 atom stereocenters. The Morgan fingerprint density at radius 2 is 2.08 bits per heavy atom. The molecule has 3 rings (SSSR count). The average molecular weight is 347 g/mol. The summed E-state index contributed by atoms with van der Waals surface area (Å²) < 4.78 is 3.75. The largest absolute Gasteiger partial charge is 0.382 e. The molecule has 1 aliphatic rings. The maximum atomic E-state index is 11.2. The molecule has 0 aliphatic carbocycles. The number of hydrogen-bond donors (Lipinski definition) is 1. The monoisotopic (exact) mass is 347 g/mol. The Bertz CT molecular complexity index is 715. The van der Waals surface area contributed by atoms with Crippen LogP contribution in [0.3, 0.4) is 0 Å². The van der Waals surface area contributed by atoms with Crippen molar-refractivity contribution in [3.63, 3.8) is 0 Å². The number of piperidine rings is 1. The second-order valence-corrected chi connectivity index (χ2v) is 8.28. The SMILES string of the molecule is CC(C)n1cc(C2(O)CCCN(Cc3ncnn3C(C)(C)C)C2)nn1. The molecule has 0 amide bonds. The van der Waals surface area contributed by atoms with Gasteiger partial charge in [-0.3, -0.25) is 4.90 Å². The molecule has 0 saturated carbocycles. The van der Waals surface area contributed by atoms with Gasteiger partial charge in [0.15, 0.2) is 0 Å². The molecule has 8 heteroatoms. The van der Waals surface area contributed by atoms with Crippen molar-refractivity contribution >= 4 is 0 Å². The van der Waals surface area contributed by atoms with Crippen molar-refractivity contribution in [3.05, 3.63) is 24.0 Å². The zero-order chi connectivity index (χ0) is 18.2. The Kier molecular flexibility index (Phi) is 4.68. The van der Waals surface area contributed by atoms with E-state index in [-0.39, 0.29) is 11.6 Å². The molecule has 0 spiro atoms. The van der Waals surface area contributed by atoms with Gasteiger partial charge in [-0.25, -0.2) is 14.3 Å². The van der Waals surface area contributed by atoms with Crippen LogP contribution in [0.1, 0.15) is 65.0 Å². The van der Waals surface area contributed by atoms with Crippen molar-refractivity contribution in [2.45, 2.75) is 71.2 Å². The normalized spacial score (nSPS) is 22.7. The molecule has 0 aromatic carbocycles. The lowest BCUT2D eigenvalue weighted by molar-refractivity contribution is -0.0426. The van der Waals surface area contributed by atoms with Crippen LogP contribution < -0.4 is 0 Å². The van der Waals surface area contributed by atoms with Crippen LogP contribution in [0, 0.1) is 0 Å². The third-order valence-corrected chi connectivity index (χ3v) is 4.68. The van der Waals surface area contributed by atoms with Crippen LogP contribution in [-0.2, 0) is 17.7 Å². The van der Waals surface area contributed by atoms with Gasteiger partial charge in [-0.2, -0.15) is 5.10 Å². The number of hydrogen-bond acceptors (Lipinski definition) is 6. The highest BCUT2D eigenvalue weighted by Crippen LogP contribution is 2.31. The Morgan fingerprint density at radius 3 is 2.72 bits per heavy atom. The fourth-order valence-electron chi connectivity index (χ4n) is 3.34. The fraction of sp³-hybridized carbons (Fsp3) is 0.765. The van der Waals surface area contributed by atoms with Crippen LogP contribution in [0.5, 0.6) is 0 Å². The minimum Gasteiger partial charge on any atom is -0.382 e. The molecular formula is C17H29N7O. The lowest BCUT2D eigenvalue weighted by Crippen LogP contribution is -2.46. The molecule has 25 heavy (non-hydrogen) atoms. The lowest BCUT2D eigenvalue weighted by Gasteiger charge is -2.38. The quantitative estimate of drug-likeness (QED) is 0.906. The Balaban J connectivity index is 1.76. The van der Waals surface area contributed by atoms with E-state index < -0.39 is 5.60 Å². The third kappa shape index (κ3) is 3.74. The maximum Gasteiger partial charge on any atom is 0.141 e. The predicted molar refractivity (Wildman–Crippen MR) is 93.8 cm³/mol. The van der Waals surface area contributed by atoms with E-state index in [1.165, 1.54) is 0 Å². The zero-order valence-corrected chi connectivity index (χ0v) is 15.8. The fourth-order valence-corrected chi connectivity index (χ4v) is 3.34. The van der Waals surface area contributed by atoms with Crippen molar-refractivity contribution in [3.8, 4) is 0 Å². The summed E-state index contributed by atoms with van der Waals surface area (Å²) in [5.74, 6) is 0.919. The highest BCUT2D eigenvalue weighted by Gasteiger charge is 2.38. The topological polar surface area (TPSA) is 84.9 Å². The van der Waals surface area contributed by atoms with Gasteiger partial charge in [0, 0.05) is 12.6 Å². The van der Waals surface area contributed by atoms with E-state index in [0.29, 0.717) is 25.2 Å². The first-order chi connectivity index (χ1) is 11.7. The van der Waals surface area contributed by atoms with Crippen molar-refractivity contribution in [1.29, 1.82) is 0 Å². The molecule has 1 unspecified atom stereocenters. The lowest BCUT2D eigenvalue weighted by atomic mass is 9.90. The van der Waals surface area contributed by atoms with Gasteiger partial charge in [-0.15, -0.1) is 5.10 Å². The van der Waals surface area contributed by atoms with Gasteiger partial charge in [0.25, 0.3) is 0 Å². The van der Waals surface area contributed by atoms with Crippen molar-refractivity contribution in [1.82, 2.24) is 34.7 Å². The minimum absolute atomic E-state index is 0.113. The average Bonchev–Trinajstić information content (AvgIpc) is 3.15. The summed E-state index contributed by atoms with van der Waals surface area (Å²) in [4.78, 5) is 6.65. The van der Waals surface area contributed by atoms with Gasteiger partial charge < -0.3 is 5.11 Å². The van der Waals surface area contributed by atoms with E-state index in [1.807, 2.05) is 10.9 Å². The molecule has 1 saturated heterocycles. The maximum absolute atomic E-state index is 11.2. The van der Waals surface area contributed by atoms with Crippen LogP contribution in [0.25, 0.3) is 0 Å². The molecule has 3 heterocycles. The highest BCUT2D eigenvalue weighted by molar-refractivity contribution is 5.10.